The topological polar surface area (TPSA) is 41.5 Å². The highest BCUT2D eigenvalue weighted by Crippen LogP contribution is 2.26. The summed E-state index contributed by atoms with van der Waals surface area (Å²) in [6.07, 6.45) is 0. The van der Waals surface area contributed by atoms with Gasteiger partial charge in [0, 0.05) is 17.3 Å². The van der Waals surface area contributed by atoms with Gasteiger partial charge in [-0.2, -0.15) is 0 Å². The molecule has 4 heteroatoms. The molecule has 0 saturated heterocycles. The average molecular weight is 275 g/mol. The van der Waals surface area contributed by atoms with Crippen molar-refractivity contribution >= 4 is 5.69 Å². The van der Waals surface area contributed by atoms with Crippen LogP contribution in [0.25, 0.3) is 0 Å². The molecule has 0 aliphatic rings. The Balaban J connectivity index is 2.21. The summed E-state index contributed by atoms with van der Waals surface area (Å²) in [5.41, 5.74) is 2.61. The Morgan fingerprint density at radius 3 is 2.70 bits per heavy atom. The van der Waals surface area contributed by atoms with Crippen molar-refractivity contribution in [2.45, 2.75) is 19.6 Å². The van der Waals surface area contributed by atoms with Gasteiger partial charge in [-0.3, -0.25) is 0 Å². The van der Waals surface area contributed by atoms with Gasteiger partial charge in [0.25, 0.3) is 0 Å². The molecule has 0 aliphatic heterocycles. The van der Waals surface area contributed by atoms with Crippen LogP contribution in [0.2, 0.25) is 0 Å². The van der Waals surface area contributed by atoms with Crippen LogP contribution < -0.4 is 10.1 Å². The molecule has 2 rings (SSSR count). The molecule has 106 valence electrons. The summed E-state index contributed by atoms with van der Waals surface area (Å²) in [4.78, 5) is 0. The standard InChI is InChI=1S/C16H18FNO2/c1-11(12-7-8-14(17)16(9-12)20-2)18-15-6-4-3-5-13(15)10-19/h3-9,11,18-19H,10H2,1-2H3. The molecular formula is C16H18FNO2. The van der Waals surface area contributed by atoms with Crippen molar-refractivity contribution in [3.63, 3.8) is 0 Å². The van der Waals surface area contributed by atoms with Crippen LogP contribution in [0.1, 0.15) is 24.1 Å². The van der Waals surface area contributed by atoms with Gasteiger partial charge in [0.05, 0.1) is 13.7 Å². The second-order valence-electron chi connectivity index (χ2n) is 4.58. The van der Waals surface area contributed by atoms with Crippen LogP contribution in [0, 0.1) is 5.82 Å². The number of halogens is 1. The molecule has 3 nitrogen and oxygen atoms in total. The second kappa shape index (κ2) is 6.39. The zero-order valence-corrected chi connectivity index (χ0v) is 11.6. The van der Waals surface area contributed by atoms with Gasteiger partial charge < -0.3 is 15.2 Å². The van der Waals surface area contributed by atoms with Crippen molar-refractivity contribution in [2.75, 3.05) is 12.4 Å². The molecule has 0 bridgehead atoms. The van der Waals surface area contributed by atoms with Crippen LogP contribution in [0.4, 0.5) is 10.1 Å². The Bertz CT molecular complexity index is 586. The summed E-state index contributed by atoms with van der Waals surface area (Å²) in [6, 6.07) is 12.3. The molecule has 0 aliphatic carbocycles. The van der Waals surface area contributed by atoms with Crippen LogP contribution >= 0.6 is 0 Å². The number of ether oxygens (including phenoxy) is 1. The number of hydrogen-bond donors (Lipinski definition) is 2. The van der Waals surface area contributed by atoms with Crippen molar-refractivity contribution in [1.29, 1.82) is 0 Å². The first kappa shape index (κ1) is 14.3. The third-order valence-corrected chi connectivity index (χ3v) is 3.23. The van der Waals surface area contributed by atoms with E-state index in [0.717, 1.165) is 16.8 Å². The normalized spacial score (nSPS) is 12.0. The molecule has 2 aromatic carbocycles. The number of aliphatic hydroxyl groups excluding tert-OH is 1. The minimum absolute atomic E-state index is 0.0252. The molecule has 1 unspecified atom stereocenters. The van der Waals surface area contributed by atoms with Crippen molar-refractivity contribution in [3.8, 4) is 5.75 Å². The number of para-hydroxylation sites is 1. The molecule has 1 atom stereocenters. The van der Waals surface area contributed by atoms with Crippen LogP contribution in [-0.4, -0.2) is 12.2 Å². The molecular weight excluding hydrogens is 257 g/mol. The number of anilines is 1. The van der Waals surface area contributed by atoms with Gasteiger partial charge >= 0.3 is 0 Å². The maximum atomic E-state index is 13.4. The van der Waals surface area contributed by atoms with E-state index in [1.165, 1.54) is 13.2 Å². The highest BCUT2D eigenvalue weighted by molar-refractivity contribution is 5.52. The minimum Gasteiger partial charge on any atom is -0.494 e. The number of aliphatic hydroxyl groups is 1. The summed E-state index contributed by atoms with van der Waals surface area (Å²) in [6.45, 7) is 1.95. The lowest BCUT2D eigenvalue weighted by Gasteiger charge is -2.18. The Kier molecular flexibility index (Phi) is 4.58. The fourth-order valence-electron chi connectivity index (χ4n) is 2.06. The van der Waals surface area contributed by atoms with E-state index in [1.807, 2.05) is 31.2 Å². The lowest BCUT2D eigenvalue weighted by molar-refractivity contribution is 0.282. The Morgan fingerprint density at radius 1 is 1.25 bits per heavy atom. The molecule has 0 saturated carbocycles. The van der Waals surface area contributed by atoms with E-state index in [4.69, 9.17) is 4.74 Å². The van der Waals surface area contributed by atoms with E-state index in [9.17, 15) is 9.50 Å². The fraction of sp³-hybridized carbons (Fsp3) is 0.250. The quantitative estimate of drug-likeness (QED) is 0.877. The predicted molar refractivity (Wildman–Crippen MR) is 77.4 cm³/mol. The van der Waals surface area contributed by atoms with Crippen molar-refractivity contribution in [1.82, 2.24) is 0 Å². The van der Waals surface area contributed by atoms with E-state index < -0.39 is 0 Å². The van der Waals surface area contributed by atoms with Crippen LogP contribution in [0.3, 0.4) is 0 Å². The SMILES string of the molecule is COc1cc(C(C)Nc2ccccc2CO)ccc1F. The van der Waals surface area contributed by atoms with Crippen molar-refractivity contribution < 1.29 is 14.2 Å². The molecule has 0 amide bonds. The van der Waals surface area contributed by atoms with E-state index >= 15 is 0 Å². The highest BCUT2D eigenvalue weighted by Gasteiger charge is 2.11. The van der Waals surface area contributed by atoms with Gasteiger partial charge in [0.2, 0.25) is 0 Å². The first-order valence-corrected chi connectivity index (χ1v) is 6.44. The summed E-state index contributed by atoms with van der Waals surface area (Å²) in [5.74, 6) is -0.147. The molecule has 0 radical (unpaired) electrons. The predicted octanol–water partition coefficient (Wildman–Crippen LogP) is 3.50. The number of rotatable bonds is 5. The maximum Gasteiger partial charge on any atom is 0.165 e. The molecule has 0 spiro atoms. The molecule has 2 aromatic rings. The summed E-state index contributed by atoms with van der Waals surface area (Å²) in [5, 5.41) is 12.6. The smallest absolute Gasteiger partial charge is 0.165 e. The molecule has 0 fully saturated rings. The first-order chi connectivity index (χ1) is 9.65. The van der Waals surface area contributed by atoms with Gasteiger partial charge in [0.15, 0.2) is 11.6 Å². The van der Waals surface area contributed by atoms with Gasteiger partial charge in [-0.15, -0.1) is 0 Å². The van der Waals surface area contributed by atoms with E-state index in [2.05, 4.69) is 5.32 Å². The minimum atomic E-state index is -0.376. The monoisotopic (exact) mass is 275 g/mol. The number of benzene rings is 2. The Morgan fingerprint density at radius 2 is 2.00 bits per heavy atom. The lowest BCUT2D eigenvalue weighted by Crippen LogP contribution is -2.09. The molecule has 0 heterocycles. The van der Waals surface area contributed by atoms with Crippen molar-refractivity contribution in [3.05, 3.63) is 59.4 Å². The lowest BCUT2D eigenvalue weighted by atomic mass is 10.1. The number of nitrogens with one attached hydrogen (secondary N) is 1. The largest absolute Gasteiger partial charge is 0.494 e. The Labute approximate surface area is 118 Å². The van der Waals surface area contributed by atoms with E-state index in [1.54, 1.807) is 12.1 Å². The fourth-order valence-corrected chi connectivity index (χ4v) is 2.06. The molecule has 20 heavy (non-hydrogen) atoms. The van der Waals surface area contributed by atoms with Gasteiger partial charge in [-0.05, 0) is 30.7 Å². The third-order valence-electron chi connectivity index (χ3n) is 3.23. The summed E-state index contributed by atoms with van der Waals surface area (Å²) >= 11 is 0. The molecule has 0 aromatic heterocycles. The summed E-state index contributed by atoms with van der Waals surface area (Å²) in [7, 11) is 1.45. The van der Waals surface area contributed by atoms with E-state index in [0.29, 0.717) is 0 Å². The number of methoxy groups -OCH3 is 1. The Hall–Kier alpha value is -2.07. The third kappa shape index (κ3) is 3.08. The maximum absolute atomic E-state index is 13.4. The summed E-state index contributed by atoms with van der Waals surface area (Å²) < 4.78 is 18.4. The van der Waals surface area contributed by atoms with Gasteiger partial charge in [-0.25, -0.2) is 4.39 Å². The highest BCUT2D eigenvalue weighted by atomic mass is 19.1. The van der Waals surface area contributed by atoms with Crippen molar-refractivity contribution in [2.24, 2.45) is 0 Å². The van der Waals surface area contributed by atoms with Crippen LogP contribution in [0.15, 0.2) is 42.5 Å². The van der Waals surface area contributed by atoms with Crippen LogP contribution in [0.5, 0.6) is 5.75 Å². The number of hydrogen-bond acceptors (Lipinski definition) is 3. The van der Waals surface area contributed by atoms with Gasteiger partial charge in [-0.1, -0.05) is 24.3 Å². The zero-order chi connectivity index (χ0) is 14.5. The molecule has 2 N–H and O–H groups in total. The zero-order valence-electron chi connectivity index (χ0n) is 11.6. The van der Waals surface area contributed by atoms with Crippen LogP contribution in [-0.2, 0) is 6.61 Å². The first-order valence-electron chi connectivity index (χ1n) is 6.44. The second-order valence-corrected chi connectivity index (χ2v) is 4.58. The average Bonchev–Trinajstić information content (AvgIpc) is 2.48. The van der Waals surface area contributed by atoms with Gasteiger partial charge in [0.1, 0.15) is 0 Å². The van der Waals surface area contributed by atoms with E-state index in [-0.39, 0.29) is 24.2 Å².